The van der Waals surface area contributed by atoms with E-state index in [1.165, 1.54) is 18.5 Å². The Hall–Kier alpha value is -1.78. The molecule has 5 heteroatoms. The quantitative estimate of drug-likeness (QED) is 0.583. The van der Waals surface area contributed by atoms with Crippen LogP contribution in [0.5, 0.6) is 0 Å². The van der Waals surface area contributed by atoms with E-state index in [-0.39, 0.29) is 5.95 Å². The lowest BCUT2D eigenvalue weighted by Gasteiger charge is -1.95. The highest BCUT2D eigenvalue weighted by Crippen LogP contribution is 2.10. The van der Waals surface area contributed by atoms with E-state index in [1.807, 2.05) is 0 Å². The van der Waals surface area contributed by atoms with E-state index < -0.39 is 5.95 Å². The van der Waals surface area contributed by atoms with Gasteiger partial charge in [0, 0.05) is 17.6 Å². The highest BCUT2D eigenvalue weighted by Gasteiger charge is 1.98. The second-order valence-corrected chi connectivity index (χ2v) is 2.29. The van der Waals surface area contributed by atoms with Gasteiger partial charge in [0.1, 0.15) is 0 Å². The maximum atomic E-state index is 12.5. The lowest BCUT2D eigenvalue weighted by Crippen LogP contribution is -1.95. The van der Waals surface area contributed by atoms with E-state index in [0.717, 1.165) is 0 Å². The Balaban J connectivity index is 2.79. The first-order valence-corrected chi connectivity index (χ1v) is 3.29. The van der Waals surface area contributed by atoms with Crippen LogP contribution in [0.25, 0.3) is 10.9 Å². The third kappa shape index (κ3) is 1.05. The van der Waals surface area contributed by atoms with Crippen molar-refractivity contribution in [1.29, 1.82) is 0 Å². The zero-order valence-electron chi connectivity index (χ0n) is 6.03. The predicted molar refractivity (Wildman–Crippen MR) is 41.7 cm³/mol. The topological polar surface area (TPSA) is 64.7 Å². The summed E-state index contributed by atoms with van der Waals surface area (Å²) in [5.74, 6) is -0.383. The van der Waals surface area contributed by atoms with Crippen molar-refractivity contribution in [1.82, 2.24) is 15.0 Å². The molecule has 2 aromatic heterocycles. The monoisotopic (exact) mass is 164 g/mol. The van der Waals surface area contributed by atoms with Gasteiger partial charge >= 0.3 is 0 Å². The number of rotatable bonds is 0. The maximum Gasteiger partial charge on any atom is 0.220 e. The maximum absolute atomic E-state index is 12.5. The number of fused-ring (bicyclic) bond motifs is 1. The van der Waals surface area contributed by atoms with Crippen LogP contribution in [0.2, 0.25) is 0 Å². The van der Waals surface area contributed by atoms with Crippen LogP contribution in [0, 0.1) is 5.95 Å². The zero-order chi connectivity index (χ0) is 8.55. The molecule has 2 rings (SSSR count). The van der Waals surface area contributed by atoms with Crippen molar-refractivity contribution in [3.05, 3.63) is 24.4 Å². The summed E-state index contributed by atoms with van der Waals surface area (Å²) in [5.41, 5.74) is 5.86. The molecule has 2 N–H and O–H groups in total. The van der Waals surface area contributed by atoms with E-state index in [1.54, 1.807) is 0 Å². The van der Waals surface area contributed by atoms with Crippen molar-refractivity contribution in [3.8, 4) is 0 Å². The second-order valence-electron chi connectivity index (χ2n) is 2.29. The summed E-state index contributed by atoms with van der Waals surface area (Å²) < 4.78 is 12.5. The van der Waals surface area contributed by atoms with Gasteiger partial charge in [-0.05, 0) is 0 Å². The summed E-state index contributed by atoms with van der Waals surface area (Å²) in [6.45, 7) is 0. The summed E-state index contributed by atoms with van der Waals surface area (Å²) in [4.78, 5) is 11.0. The number of halogens is 1. The van der Waals surface area contributed by atoms with Crippen LogP contribution in [0.15, 0.2) is 18.5 Å². The van der Waals surface area contributed by atoms with Crippen LogP contribution in [0.3, 0.4) is 0 Å². The van der Waals surface area contributed by atoms with Crippen LogP contribution in [0.4, 0.5) is 10.3 Å². The van der Waals surface area contributed by atoms with Crippen LogP contribution in [0.1, 0.15) is 0 Å². The van der Waals surface area contributed by atoms with Crippen molar-refractivity contribution in [2.75, 3.05) is 5.73 Å². The molecule has 12 heavy (non-hydrogen) atoms. The fourth-order valence-electron chi connectivity index (χ4n) is 0.922. The first-order chi connectivity index (χ1) is 5.75. The van der Waals surface area contributed by atoms with E-state index in [4.69, 9.17) is 5.73 Å². The van der Waals surface area contributed by atoms with Crippen LogP contribution in [-0.2, 0) is 0 Å². The average molecular weight is 164 g/mol. The van der Waals surface area contributed by atoms with Crippen LogP contribution < -0.4 is 5.73 Å². The third-order valence-corrected chi connectivity index (χ3v) is 1.45. The Bertz CT molecular complexity index is 387. The minimum Gasteiger partial charge on any atom is -0.368 e. The normalized spacial score (nSPS) is 10.4. The smallest absolute Gasteiger partial charge is 0.220 e. The fraction of sp³-hybridized carbons (Fsp3) is 0. The van der Waals surface area contributed by atoms with Gasteiger partial charge in [-0.25, -0.2) is 15.0 Å². The summed E-state index contributed by atoms with van der Waals surface area (Å²) in [6, 6.07) is 1.26. The molecule has 0 aliphatic carbocycles. The highest BCUT2D eigenvalue weighted by atomic mass is 19.1. The SMILES string of the molecule is Nc1ncc2cc(F)ncc2n1. The largest absolute Gasteiger partial charge is 0.368 e. The molecule has 2 heterocycles. The zero-order valence-corrected chi connectivity index (χ0v) is 6.03. The molecule has 0 fully saturated rings. The van der Waals surface area contributed by atoms with Gasteiger partial charge in [-0.2, -0.15) is 4.39 Å². The molecule has 0 atom stereocenters. The molecule has 0 amide bonds. The number of anilines is 1. The van der Waals surface area contributed by atoms with Gasteiger partial charge in [0.05, 0.1) is 11.7 Å². The molecular weight excluding hydrogens is 159 g/mol. The van der Waals surface area contributed by atoms with Gasteiger partial charge in [0.2, 0.25) is 11.9 Å². The standard InChI is InChI=1S/C7H5FN4/c8-6-1-4-2-11-7(9)12-5(4)3-10-6/h1-3H,(H2,9,11,12). The van der Waals surface area contributed by atoms with Gasteiger partial charge in [-0.15, -0.1) is 0 Å². The molecule has 0 bridgehead atoms. The minimum atomic E-state index is -0.545. The number of hydrogen-bond donors (Lipinski definition) is 1. The molecule has 0 saturated heterocycles. The molecule has 0 spiro atoms. The summed E-state index contributed by atoms with van der Waals surface area (Å²) >= 11 is 0. The number of nitrogens with zero attached hydrogens (tertiary/aromatic N) is 3. The molecule has 0 aromatic carbocycles. The van der Waals surface area contributed by atoms with E-state index in [9.17, 15) is 4.39 Å². The lowest BCUT2D eigenvalue weighted by atomic mass is 10.3. The Morgan fingerprint density at radius 2 is 2.08 bits per heavy atom. The molecule has 60 valence electrons. The van der Waals surface area contributed by atoms with Crippen molar-refractivity contribution in [3.63, 3.8) is 0 Å². The van der Waals surface area contributed by atoms with Crippen LogP contribution >= 0.6 is 0 Å². The van der Waals surface area contributed by atoms with Gasteiger partial charge in [0.15, 0.2) is 0 Å². The van der Waals surface area contributed by atoms with E-state index >= 15 is 0 Å². The van der Waals surface area contributed by atoms with Gasteiger partial charge < -0.3 is 5.73 Å². The first kappa shape index (κ1) is 6.90. The Morgan fingerprint density at radius 1 is 1.25 bits per heavy atom. The molecule has 0 radical (unpaired) electrons. The van der Waals surface area contributed by atoms with E-state index in [2.05, 4.69) is 15.0 Å². The molecule has 0 aliphatic heterocycles. The van der Waals surface area contributed by atoms with Gasteiger partial charge in [-0.1, -0.05) is 0 Å². The van der Waals surface area contributed by atoms with Gasteiger partial charge in [-0.3, -0.25) is 0 Å². The van der Waals surface area contributed by atoms with Gasteiger partial charge in [0.25, 0.3) is 0 Å². The third-order valence-electron chi connectivity index (χ3n) is 1.45. The molecular formula is C7H5FN4. The number of aromatic nitrogens is 3. The lowest BCUT2D eigenvalue weighted by molar-refractivity contribution is 0.586. The number of hydrogen-bond acceptors (Lipinski definition) is 4. The summed E-state index contributed by atoms with van der Waals surface area (Å²) in [7, 11) is 0. The molecule has 4 nitrogen and oxygen atoms in total. The minimum absolute atomic E-state index is 0.163. The average Bonchev–Trinajstić information content (AvgIpc) is 2.05. The number of nitrogen functional groups attached to an aromatic ring is 1. The predicted octanol–water partition coefficient (Wildman–Crippen LogP) is 0.746. The second kappa shape index (κ2) is 2.37. The summed E-state index contributed by atoms with van der Waals surface area (Å²) in [6.07, 6.45) is 2.78. The van der Waals surface area contributed by atoms with E-state index in [0.29, 0.717) is 10.9 Å². The Kier molecular flexibility index (Phi) is 1.36. The molecule has 0 saturated carbocycles. The Morgan fingerprint density at radius 3 is 2.92 bits per heavy atom. The molecule has 2 aromatic rings. The van der Waals surface area contributed by atoms with Crippen molar-refractivity contribution < 1.29 is 4.39 Å². The van der Waals surface area contributed by atoms with Crippen molar-refractivity contribution >= 4 is 16.9 Å². The van der Waals surface area contributed by atoms with Crippen molar-refractivity contribution in [2.45, 2.75) is 0 Å². The highest BCUT2D eigenvalue weighted by molar-refractivity contribution is 5.77. The molecule has 0 aliphatic rings. The fourth-order valence-corrected chi connectivity index (χ4v) is 0.922. The number of pyridine rings is 1. The molecule has 0 unspecified atom stereocenters. The summed E-state index contributed by atoms with van der Waals surface area (Å²) in [5, 5.41) is 0.594. The van der Waals surface area contributed by atoms with Crippen LogP contribution in [-0.4, -0.2) is 15.0 Å². The number of nitrogens with two attached hydrogens (primary N) is 1. The Labute approximate surface area is 67.3 Å². The van der Waals surface area contributed by atoms with Crippen molar-refractivity contribution in [2.24, 2.45) is 0 Å². The first-order valence-electron chi connectivity index (χ1n) is 3.29.